The number of furan rings is 1. The van der Waals surface area contributed by atoms with Gasteiger partial charge in [0, 0.05) is 0 Å². The first-order valence-electron chi connectivity index (χ1n) is 4.99. The maximum absolute atomic E-state index is 11.8. The lowest BCUT2D eigenvalue weighted by Crippen LogP contribution is -2.12. The first-order valence-corrected chi connectivity index (χ1v) is 5.78. The van der Waals surface area contributed by atoms with E-state index in [2.05, 4.69) is 21.2 Å². The van der Waals surface area contributed by atoms with E-state index in [1.54, 1.807) is 24.3 Å². The molecule has 1 amide bonds. The van der Waals surface area contributed by atoms with Gasteiger partial charge >= 0.3 is 0 Å². The number of nitrogen functional groups attached to an aromatic ring is 1. The van der Waals surface area contributed by atoms with Crippen LogP contribution in [-0.2, 0) is 0 Å². The van der Waals surface area contributed by atoms with Crippen molar-refractivity contribution >= 4 is 33.2 Å². The van der Waals surface area contributed by atoms with Crippen molar-refractivity contribution in [2.75, 3.05) is 11.1 Å². The van der Waals surface area contributed by atoms with Crippen molar-refractivity contribution in [3.8, 4) is 0 Å². The minimum atomic E-state index is -0.328. The van der Waals surface area contributed by atoms with Crippen LogP contribution in [0.4, 0.5) is 11.4 Å². The summed E-state index contributed by atoms with van der Waals surface area (Å²) in [6.45, 7) is 1.94. The van der Waals surface area contributed by atoms with Crippen molar-refractivity contribution in [1.29, 1.82) is 0 Å². The van der Waals surface area contributed by atoms with Crippen LogP contribution < -0.4 is 11.1 Å². The number of nitrogens with two attached hydrogens (primary N) is 1. The molecule has 88 valence electrons. The lowest BCUT2D eigenvalue weighted by molar-refractivity contribution is 0.0995. The molecule has 0 aliphatic carbocycles. The van der Waals surface area contributed by atoms with Gasteiger partial charge in [-0.15, -0.1) is 0 Å². The molecule has 4 nitrogen and oxygen atoms in total. The summed E-state index contributed by atoms with van der Waals surface area (Å²) in [5, 5.41) is 2.69. The van der Waals surface area contributed by atoms with Gasteiger partial charge in [-0.3, -0.25) is 4.79 Å². The average molecular weight is 295 g/mol. The molecular weight excluding hydrogens is 284 g/mol. The van der Waals surface area contributed by atoms with Gasteiger partial charge in [0.05, 0.1) is 11.4 Å². The zero-order valence-electron chi connectivity index (χ0n) is 9.16. The predicted molar refractivity (Wildman–Crippen MR) is 70.0 cm³/mol. The lowest BCUT2D eigenvalue weighted by Gasteiger charge is -2.07. The van der Waals surface area contributed by atoms with E-state index < -0.39 is 0 Å². The lowest BCUT2D eigenvalue weighted by atomic mass is 10.2. The Labute approximate surface area is 107 Å². The van der Waals surface area contributed by atoms with E-state index in [1.807, 2.05) is 13.0 Å². The van der Waals surface area contributed by atoms with Gasteiger partial charge in [-0.2, -0.15) is 0 Å². The topological polar surface area (TPSA) is 68.3 Å². The summed E-state index contributed by atoms with van der Waals surface area (Å²) in [5.41, 5.74) is 7.95. The van der Waals surface area contributed by atoms with Gasteiger partial charge in [-0.25, -0.2) is 0 Å². The first kappa shape index (κ1) is 11.7. The summed E-state index contributed by atoms with van der Waals surface area (Å²) in [7, 11) is 0. The number of anilines is 2. The standard InChI is InChI=1S/C12H11BrN2O2/c1-7-2-3-9(8(14)6-7)15-12(16)10-4-5-11(13)17-10/h2-6H,14H2,1H3,(H,15,16). The second kappa shape index (κ2) is 4.63. The molecule has 2 aromatic rings. The molecule has 0 unspecified atom stereocenters. The van der Waals surface area contributed by atoms with Crippen molar-refractivity contribution < 1.29 is 9.21 Å². The normalized spacial score (nSPS) is 10.2. The van der Waals surface area contributed by atoms with Gasteiger partial charge in [-0.1, -0.05) is 6.07 Å². The summed E-state index contributed by atoms with van der Waals surface area (Å²) in [6, 6.07) is 8.69. The Morgan fingerprint density at radius 2 is 2.12 bits per heavy atom. The molecule has 0 bridgehead atoms. The second-order valence-corrected chi connectivity index (χ2v) is 4.43. The highest BCUT2D eigenvalue weighted by Gasteiger charge is 2.11. The third kappa shape index (κ3) is 2.68. The summed E-state index contributed by atoms with van der Waals surface area (Å²) in [5.74, 6) is -0.0943. The van der Waals surface area contributed by atoms with Crippen molar-refractivity contribution in [2.24, 2.45) is 0 Å². The summed E-state index contributed by atoms with van der Waals surface area (Å²) >= 11 is 3.14. The molecule has 0 fully saturated rings. The quantitative estimate of drug-likeness (QED) is 0.836. The van der Waals surface area contributed by atoms with Crippen LogP contribution in [0.1, 0.15) is 16.1 Å². The molecule has 0 spiro atoms. The Morgan fingerprint density at radius 3 is 2.71 bits per heavy atom. The molecule has 0 saturated carbocycles. The van der Waals surface area contributed by atoms with E-state index in [4.69, 9.17) is 10.2 Å². The third-order valence-corrected chi connectivity index (χ3v) is 2.68. The SMILES string of the molecule is Cc1ccc(NC(=O)c2ccc(Br)o2)c(N)c1. The fraction of sp³-hybridized carbons (Fsp3) is 0.0833. The number of aryl methyl sites for hydroxylation is 1. The Hall–Kier alpha value is -1.75. The Morgan fingerprint density at radius 1 is 1.35 bits per heavy atom. The molecule has 2 rings (SSSR count). The molecular formula is C12H11BrN2O2. The van der Waals surface area contributed by atoms with E-state index >= 15 is 0 Å². The zero-order valence-corrected chi connectivity index (χ0v) is 10.7. The number of amides is 1. The summed E-state index contributed by atoms with van der Waals surface area (Å²) in [4.78, 5) is 11.8. The fourth-order valence-electron chi connectivity index (χ4n) is 1.42. The largest absolute Gasteiger partial charge is 0.444 e. The van der Waals surface area contributed by atoms with Crippen molar-refractivity contribution in [3.05, 3.63) is 46.3 Å². The Kier molecular flexibility index (Phi) is 3.19. The number of benzene rings is 1. The van der Waals surface area contributed by atoms with Gasteiger partial charge in [0.15, 0.2) is 10.4 Å². The van der Waals surface area contributed by atoms with Crippen molar-refractivity contribution in [2.45, 2.75) is 6.92 Å². The van der Waals surface area contributed by atoms with Crippen LogP contribution in [-0.4, -0.2) is 5.91 Å². The van der Waals surface area contributed by atoms with E-state index in [9.17, 15) is 4.79 Å². The highest BCUT2D eigenvalue weighted by atomic mass is 79.9. The highest BCUT2D eigenvalue weighted by Crippen LogP contribution is 2.21. The molecule has 0 radical (unpaired) electrons. The number of nitrogens with one attached hydrogen (secondary N) is 1. The fourth-order valence-corrected chi connectivity index (χ4v) is 1.72. The van der Waals surface area contributed by atoms with Crippen molar-refractivity contribution in [1.82, 2.24) is 0 Å². The Balaban J connectivity index is 2.18. The molecule has 0 atom stereocenters. The van der Waals surface area contributed by atoms with Crippen LogP contribution in [0.2, 0.25) is 0 Å². The molecule has 17 heavy (non-hydrogen) atoms. The number of carbonyl (C=O) groups is 1. The molecule has 5 heteroatoms. The van der Waals surface area contributed by atoms with Crippen LogP contribution in [0.5, 0.6) is 0 Å². The van der Waals surface area contributed by atoms with E-state index in [-0.39, 0.29) is 11.7 Å². The van der Waals surface area contributed by atoms with Gasteiger partial charge in [-0.05, 0) is 52.7 Å². The second-order valence-electron chi connectivity index (χ2n) is 3.65. The predicted octanol–water partition coefficient (Wildman–Crippen LogP) is 3.19. The van der Waals surface area contributed by atoms with Crippen LogP contribution in [0.25, 0.3) is 0 Å². The number of hydrogen-bond donors (Lipinski definition) is 2. The first-order chi connectivity index (χ1) is 8.06. The molecule has 0 aliphatic heterocycles. The highest BCUT2D eigenvalue weighted by molar-refractivity contribution is 9.10. The third-order valence-electron chi connectivity index (χ3n) is 2.25. The molecule has 1 aromatic heterocycles. The maximum atomic E-state index is 11.8. The molecule has 1 aromatic carbocycles. The molecule has 0 saturated heterocycles. The number of carbonyl (C=O) groups excluding carboxylic acids is 1. The number of rotatable bonds is 2. The van der Waals surface area contributed by atoms with E-state index in [0.29, 0.717) is 16.0 Å². The molecule has 0 aliphatic rings. The molecule has 3 N–H and O–H groups in total. The monoisotopic (exact) mass is 294 g/mol. The van der Waals surface area contributed by atoms with Crippen LogP contribution in [0.3, 0.4) is 0 Å². The van der Waals surface area contributed by atoms with E-state index in [1.165, 1.54) is 0 Å². The minimum absolute atomic E-state index is 0.233. The maximum Gasteiger partial charge on any atom is 0.291 e. The zero-order chi connectivity index (χ0) is 12.4. The smallest absolute Gasteiger partial charge is 0.291 e. The number of halogens is 1. The minimum Gasteiger partial charge on any atom is -0.444 e. The van der Waals surface area contributed by atoms with Gasteiger partial charge < -0.3 is 15.5 Å². The van der Waals surface area contributed by atoms with Crippen molar-refractivity contribution in [3.63, 3.8) is 0 Å². The Bertz CT molecular complexity index is 563. The van der Waals surface area contributed by atoms with E-state index in [0.717, 1.165) is 5.56 Å². The van der Waals surface area contributed by atoms with Crippen LogP contribution >= 0.6 is 15.9 Å². The van der Waals surface area contributed by atoms with Crippen LogP contribution in [0.15, 0.2) is 39.4 Å². The average Bonchev–Trinajstić information content (AvgIpc) is 2.69. The van der Waals surface area contributed by atoms with Gasteiger partial charge in [0.1, 0.15) is 0 Å². The number of hydrogen-bond acceptors (Lipinski definition) is 3. The van der Waals surface area contributed by atoms with Crippen LogP contribution in [0, 0.1) is 6.92 Å². The van der Waals surface area contributed by atoms with Gasteiger partial charge in [0.2, 0.25) is 0 Å². The summed E-state index contributed by atoms with van der Waals surface area (Å²) in [6.07, 6.45) is 0. The summed E-state index contributed by atoms with van der Waals surface area (Å²) < 4.78 is 5.66. The van der Waals surface area contributed by atoms with Gasteiger partial charge in [0.25, 0.3) is 5.91 Å². The molecule has 1 heterocycles.